The summed E-state index contributed by atoms with van der Waals surface area (Å²) in [5.74, 6) is -0.344. The lowest BCUT2D eigenvalue weighted by Crippen LogP contribution is -2.34. The van der Waals surface area contributed by atoms with Crippen molar-refractivity contribution in [2.75, 3.05) is 18.8 Å². The molecule has 110 valence electrons. The fraction of sp³-hybridized carbons (Fsp3) is 0.417. The highest BCUT2D eigenvalue weighted by molar-refractivity contribution is 7.89. The maximum Gasteiger partial charge on any atom is 0.268 e. The van der Waals surface area contributed by atoms with Gasteiger partial charge in [0.1, 0.15) is 5.69 Å². The van der Waals surface area contributed by atoms with Crippen LogP contribution in [0.2, 0.25) is 0 Å². The Morgan fingerprint density at radius 2 is 2.15 bits per heavy atom. The van der Waals surface area contributed by atoms with Crippen LogP contribution in [0.4, 0.5) is 0 Å². The topological polar surface area (TPSA) is 106 Å². The van der Waals surface area contributed by atoms with E-state index in [4.69, 9.17) is 5.73 Å². The number of nitrogens with zero attached hydrogens (tertiary/aromatic N) is 3. The first-order valence-corrected chi connectivity index (χ1v) is 7.77. The van der Waals surface area contributed by atoms with Crippen molar-refractivity contribution in [1.29, 1.82) is 0 Å². The van der Waals surface area contributed by atoms with Gasteiger partial charge in [0.2, 0.25) is 10.0 Å². The van der Waals surface area contributed by atoms with Crippen molar-refractivity contribution in [1.82, 2.24) is 14.3 Å². The van der Waals surface area contributed by atoms with E-state index < -0.39 is 15.9 Å². The number of nitrogens with two attached hydrogens (primary N) is 1. The van der Waals surface area contributed by atoms with Crippen molar-refractivity contribution < 1.29 is 13.2 Å². The van der Waals surface area contributed by atoms with Gasteiger partial charge in [-0.2, -0.15) is 4.31 Å². The second-order valence-corrected chi connectivity index (χ2v) is 6.23. The Morgan fingerprint density at radius 3 is 2.55 bits per heavy atom. The molecule has 1 aliphatic rings. The Morgan fingerprint density at radius 1 is 1.40 bits per heavy atom. The molecule has 0 saturated heterocycles. The largest absolute Gasteiger partial charge is 0.364 e. The minimum absolute atomic E-state index is 0.192. The van der Waals surface area contributed by atoms with Gasteiger partial charge in [0.25, 0.3) is 5.91 Å². The molecular weight excluding hydrogens is 280 g/mol. The third kappa shape index (κ3) is 5.06. The number of hydrogen-bond acceptors (Lipinski definition) is 5. The average Bonchev–Trinajstić information content (AvgIpc) is 2.49. The van der Waals surface area contributed by atoms with Crippen LogP contribution in [0.1, 0.15) is 23.8 Å². The van der Waals surface area contributed by atoms with Gasteiger partial charge in [-0.25, -0.2) is 13.4 Å². The molecular formula is C12H18N4O3S. The molecule has 0 atom stereocenters. The van der Waals surface area contributed by atoms with Crippen LogP contribution in [-0.2, 0) is 10.0 Å². The lowest BCUT2D eigenvalue weighted by Gasteiger charge is -2.21. The van der Waals surface area contributed by atoms with Gasteiger partial charge >= 0.3 is 0 Å². The van der Waals surface area contributed by atoms with E-state index in [9.17, 15) is 13.2 Å². The molecule has 1 aromatic heterocycles. The van der Waals surface area contributed by atoms with E-state index in [1.807, 2.05) is 12.2 Å². The maximum atomic E-state index is 11.2. The van der Waals surface area contributed by atoms with Crippen LogP contribution in [0.5, 0.6) is 0 Å². The van der Waals surface area contributed by atoms with Crippen molar-refractivity contribution in [2.24, 2.45) is 5.73 Å². The van der Waals surface area contributed by atoms with Gasteiger partial charge in [-0.05, 0) is 13.3 Å². The molecule has 1 aromatic rings. The molecule has 0 spiro atoms. The molecule has 0 saturated carbocycles. The predicted octanol–water partition coefficient (Wildman–Crippen LogP) is 0.174. The summed E-state index contributed by atoms with van der Waals surface area (Å²) in [5, 5.41) is 0. The summed E-state index contributed by atoms with van der Waals surface area (Å²) >= 11 is 0. The van der Waals surface area contributed by atoms with Crippen molar-refractivity contribution >= 4 is 15.9 Å². The molecule has 7 nitrogen and oxygen atoms in total. The molecule has 2 heterocycles. The summed E-state index contributed by atoms with van der Waals surface area (Å²) in [4.78, 5) is 17.6. The van der Waals surface area contributed by atoms with E-state index in [1.54, 1.807) is 6.92 Å². The summed E-state index contributed by atoms with van der Waals surface area (Å²) in [6, 6.07) is 0. The molecule has 0 radical (unpaired) electrons. The van der Waals surface area contributed by atoms with Crippen molar-refractivity contribution in [3.63, 3.8) is 0 Å². The third-order valence-electron chi connectivity index (χ3n) is 2.59. The highest BCUT2D eigenvalue weighted by Gasteiger charge is 2.18. The summed E-state index contributed by atoms with van der Waals surface area (Å²) in [7, 11) is -2.94. The van der Waals surface area contributed by atoms with Gasteiger partial charge in [0.05, 0.1) is 11.9 Å². The highest BCUT2D eigenvalue weighted by atomic mass is 32.2. The lowest BCUT2D eigenvalue weighted by molar-refractivity contribution is 0.0995. The van der Waals surface area contributed by atoms with E-state index >= 15 is 0 Å². The monoisotopic (exact) mass is 298 g/mol. The fourth-order valence-electron chi connectivity index (χ4n) is 1.48. The quantitative estimate of drug-likeness (QED) is 0.801. The molecule has 1 amide bonds. The zero-order valence-corrected chi connectivity index (χ0v) is 12.1. The number of carbonyl (C=O) groups excluding carboxylic acids is 1. The summed E-state index contributed by atoms with van der Waals surface area (Å²) in [6.45, 7) is 2.87. The van der Waals surface area contributed by atoms with E-state index in [0.29, 0.717) is 13.1 Å². The summed E-state index contributed by atoms with van der Waals surface area (Å²) in [5.41, 5.74) is 5.06. The minimum Gasteiger partial charge on any atom is -0.364 e. The van der Waals surface area contributed by atoms with E-state index in [2.05, 4.69) is 9.97 Å². The first-order valence-electron chi connectivity index (χ1n) is 6.16. The van der Waals surface area contributed by atoms with Crippen LogP contribution in [0.3, 0.4) is 0 Å². The predicted molar refractivity (Wildman–Crippen MR) is 75.3 cm³/mol. The smallest absolute Gasteiger partial charge is 0.268 e. The van der Waals surface area contributed by atoms with Gasteiger partial charge in [0, 0.05) is 25.5 Å². The normalized spacial score (nSPS) is 15.2. The van der Waals surface area contributed by atoms with Crippen LogP contribution in [-0.4, -0.2) is 47.4 Å². The number of rotatable bonds is 3. The molecule has 20 heavy (non-hydrogen) atoms. The average molecular weight is 298 g/mol. The van der Waals surface area contributed by atoms with E-state index in [0.717, 1.165) is 6.42 Å². The SMILES string of the molecule is CCS(=O)(=O)N1CC=CCC1.NC(=O)c1cnccn1. The Kier molecular flexibility index (Phi) is 6.26. The Labute approximate surface area is 118 Å². The molecule has 1 aliphatic heterocycles. The lowest BCUT2D eigenvalue weighted by atomic mass is 10.3. The molecule has 0 fully saturated rings. The number of sulfonamides is 1. The van der Waals surface area contributed by atoms with Crippen LogP contribution < -0.4 is 5.73 Å². The van der Waals surface area contributed by atoms with Gasteiger partial charge in [-0.15, -0.1) is 0 Å². The first kappa shape index (κ1) is 16.3. The molecule has 2 rings (SSSR count). The third-order valence-corrected chi connectivity index (χ3v) is 4.44. The second-order valence-electron chi connectivity index (χ2n) is 3.97. The molecule has 8 heteroatoms. The van der Waals surface area contributed by atoms with Crippen molar-refractivity contribution in [3.05, 3.63) is 36.4 Å². The summed E-state index contributed by atoms with van der Waals surface area (Å²) < 4.78 is 24.0. The standard InChI is InChI=1S/C7H13NO2S.C5H5N3O/c1-2-11(9,10)8-6-4-3-5-7-8;6-5(9)4-3-7-1-2-8-4/h3-4H,2,5-7H2,1H3;1-3H,(H2,6,9). The van der Waals surface area contributed by atoms with Crippen LogP contribution in [0, 0.1) is 0 Å². The zero-order chi connectivity index (χ0) is 15.0. The molecule has 0 aromatic carbocycles. The number of hydrogen-bond donors (Lipinski definition) is 1. The van der Waals surface area contributed by atoms with Crippen LogP contribution in [0.15, 0.2) is 30.7 Å². The van der Waals surface area contributed by atoms with E-state index in [1.165, 1.54) is 22.9 Å². The second kappa shape index (κ2) is 7.71. The Hall–Kier alpha value is -1.80. The Bertz CT molecular complexity index is 557. The summed E-state index contributed by atoms with van der Waals surface area (Å²) in [6.07, 6.45) is 8.98. The Balaban J connectivity index is 0.000000204. The van der Waals surface area contributed by atoms with Gasteiger partial charge < -0.3 is 5.73 Å². The molecule has 2 N–H and O–H groups in total. The zero-order valence-electron chi connectivity index (χ0n) is 11.3. The fourth-order valence-corrected chi connectivity index (χ4v) is 2.54. The highest BCUT2D eigenvalue weighted by Crippen LogP contribution is 2.07. The maximum absolute atomic E-state index is 11.2. The van der Waals surface area contributed by atoms with Crippen molar-refractivity contribution in [2.45, 2.75) is 13.3 Å². The first-order chi connectivity index (χ1) is 9.47. The molecule has 0 bridgehead atoms. The minimum atomic E-state index is -2.94. The van der Waals surface area contributed by atoms with Gasteiger partial charge in [-0.1, -0.05) is 12.2 Å². The molecule has 0 aliphatic carbocycles. The number of amides is 1. The van der Waals surface area contributed by atoms with E-state index in [-0.39, 0.29) is 11.4 Å². The number of primary amides is 1. The van der Waals surface area contributed by atoms with Crippen LogP contribution in [0.25, 0.3) is 0 Å². The van der Waals surface area contributed by atoms with Gasteiger partial charge in [0.15, 0.2) is 0 Å². The number of aromatic nitrogens is 2. The van der Waals surface area contributed by atoms with Crippen LogP contribution >= 0.6 is 0 Å². The number of carbonyl (C=O) groups is 1. The molecule has 0 unspecified atom stereocenters. The van der Waals surface area contributed by atoms with Gasteiger partial charge in [-0.3, -0.25) is 9.78 Å². The van der Waals surface area contributed by atoms with Crippen molar-refractivity contribution in [3.8, 4) is 0 Å².